The van der Waals surface area contributed by atoms with Crippen LogP contribution in [0.5, 0.6) is 0 Å². The summed E-state index contributed by atoms with van der Waals surface area (Å²) in [5, 5.41) is 5.38. The molecule has 0 radical (unpaired) electrons. The Morgan fingerprint density at radius 2 is 1.83 bits per heavy atom. The van der Waals surface area contributed by atoms with Gasteiger partial charge in [0.05, 0.1) is 6.42 Å². The van der Waals surface area contributed by atoms with Crippen molar-refractivity contribution < 1.29 is 14.0 Å². The second-order valence-electron chi connectivity index (χ2n) is 5.23. The third-order valence-electron chi connectivity index (χ3n) is 3.80. The number of rotatable bonds is 3. The molecule has 120 valence electrons. The highest BCUT2D eigenvalue weighted by atomic mass is 32.1. The van der Waals surface area contributed by atoms with E-state index < -0.39 is 0 Å². The van der Waals surface area contributed by atoms with E-state index in [0.29, 0.717) is 37.4 Å². The lowest BCUT2D eigenvalue weighted by molar-refractivity contribution is -0.132. The number of halogens is 1. The molecule has 0 N–H and O–H groups in total. The third-order valence-corrected chi connectivity index (χ3v) is 4.30. The zero-order chi connectivity index (χ0) is 16.2. The highest BCUT2D eigenvalue weighted by Gasteiger charge is 2.26. The van der Waals surface area contributed by atoms with Crippen molar-refractivity contribution in [1.82, 2.24) is 19.4 Å². The smallest absolute Gasteiger partial charge is 0.275 e. The van der Waals surface area contributed by atoms with Crippen LogP contribution < -0.4 is 0 Å². The standard InChI is InChI=1S/C15H15FN4O2S/c16-12-4-2-1-3-11(12)9-14(21)19-5-7-20(8-6-19)15(22)13-10-23-18-17-13/h1-4,10H,5-9H2. The molecule has 2 heterocycles. The molecule has 2 amide bonds. The molecule has 1 aliphatic rings. The van der Waals surface area contributed by atoms with Gasteiger partial charge in [0.25, 0.3) is 5.91 Å². The van der Waals surface area contributed by atoms with Crippen LogP contribution in [0.3, 0.4) is 0 Å². The maximum atomic E-state index is 13.6. The minimum atomic E-state index is -0.370. The molecule has 1 saturated heterocycles. The van der Waals surface area contributed by atoms with Crippen LogP contribution in [0.1, 0.15) is 16.1 Å². The summed E-state index contributed by atoms with van der Waals surface area (Å²) < 4.78 is 17.3. The van der Waals surface area contributed by atoms with Crippen molar-refractivity contribution in [2.45, 2.75) is 6.42 Å². The van der Waals surface area contributed by atoms with Gasteiger partial charge in [-0.1, -0.05) is 22.7 Å². The Hall–Kier alpha value is -2.35. The number of carbonyl (C=O) groups excluding carboxylic acids is 2. The van der Waals surface area contributed by atoms with Crippen molar-refractivity contribution in [3.8, 4) is 0 Å². The van der Waals surface area contributed by atoms with Gasteiger partial charge in [0.15, 0.2) is 5.69 Å². The molecule has 0 bridgehead atoms. The second kappa shape index (κ2) is 6.82. The molecule has 8 heteroatoms. The van der Waals surface area contributed by atoms with Crippen molar-refractivity contribution in [3.05, 3.63) is 46.7 Å². The van der Waals surface area contributed by atoms with Gasteiger partial charge in [0, 0.05) is 31.6 Å². The molecule has 0 saturated carbocycles. The zero-order valence-corrected chi connectivity index (χ0v) is 13.1. The van der Waals surface area contributed by atoms with Crippen molar-refractivity contribution in [2.75, 3.05) is 26.2 Å². The summed E-state index contributed by atoms with van der Waals surface area (Å²) in [4.78, 5) is 27.7. The summed E-state index contributed by atoms with van der Waals surface area (Å²) in [5.41, 5.74) is 0.727. The first kappa shape index (κ1) is 15.5. The van der Waals surface area contributed by atoms with Crippen molar-refractivity contribution in [1.29, 1.82) is 0 Å². The SMILES string of the molecule is O=C(Cc1ccccc1F)N1CCN(C(=O)c2csnn2)CC1. The lowest BCUT2D eigenvalue weighted by atomic mass is 10.1. The first-order valence-corrected chi connectivity index (χ1v) is 8.06. The molecule has 1 aromatic carbocycles. The molecule has 0 spiro atoms. The molecule has 6 nitrogen and oxygen atoms in total. The Balaban J connectivity index is 1.55. The number of amides is 2. The number of benzene rings is 1. The Morgan fingerprint density at radius 1 is 1.13 bits per heavy atom. The van der Waals surface area contributed by atoms with Crippen LogP contribution in [-0.2, 0) is 11.2 Å². The Morgan fingerprint density at radius 3 is 2.48 bits per heavy atom. The van der Waals surface area contributed by atoms with E-state index in [0.717, 1.165) is 11.5 Å². The summed E-state index contributed by atoms with van der Waals surface area (Å²) in [6, 6.07) is 6.27. The molecule has 1 aliphatic heterocycles. The molecule has 0 atom stereocenters. The average molecular weight is 334 g/mol. The van der Waals surface area contributed by atoms with Gasteiger partial charge < -0.3 is 9.80 Å². The maximum absolute atomic E-state index is 13.6. The first-order chi connectivity index (χ1) is 11.1. The van der Waals surface area contributed by atoms with E-state index in [4.69, 9.17) is 0 Å². The predicted octanol–water partition coefficient (Wildman–Crippen LogP) is 1.20. The van der Waals surface area contributed by atoms with Gasteiger partial charge in [-0.15, -0.1) is 5.10 Å². The summed E-state index contributed by atoms with van der Waals surface area (Å²) in [6.45, 7) is 1.77. The van der Waals surface area contributed by atoms with Gasteiger partial charge in [0.1, 0.15) is 5.82 Å². The van der Waals surface area contributed by atoms with Gasteiger partial charge in [-0.3, -0.25) is 9.59 Å². The van der Waals surface area contributed by atoms with Crippen molar-refractivity contribution in [2.24, 2.45) is 0 Å². The lowest BCUT2D eigenvalue weighted by Crippen LogP contribution is -2.51. The number of piperazine rings is 1. The Kier molecular flexibility index (Phi) is 4.61. The third kappa shape index (κ3) is 3.53. The van der Waals surface area contributed by atoms with Gasteiger partial charge in [-0.25, -0.2) is 4.39 Å². The predicted molar refractivity (Wildman–Crippen MR) is 82.5 cm³/mol. The fourth-order valence-electron chi connectivity index (χ4n) is 2.50. The van der Waals surface area contributed by atoms with E-state index >= 15 is 0 Å². The quantitative estimate of drug-likeness (QED) is 0.846. The Labute approximate surface area is 136 Å². The van der Waals surface area contributed by atoms with Crippen LogP contribution in [0.15, 0.2) is 29.6 Å². The maximum Gasteiger partial charge on any atom is 0.275 e. The fraction of sp³-hybridized carbons (Fsp3) is 0.333. The van der Waals surface area contributed by atoms with Crippen LogP contribution in [0.4, 0.5) is 4.39 Å². The zero-order valence-electron chi connectivity index (χ0n) is 12.3. The van der Waals surface area contributed by atoms with Crippen molar-refractivity contribution >= 4 is 23.3 Å². The number of hydrogen-bond acceptors (Lipinski definition) is 5. The fourth-order valence-corrected chi connectivity index (χ4v) is 2.93. The largest absolute Gasteiger partial charge is 0.339 e. The van der Waals surface area contributed by atoms with E-state index in [-0.39, 0.29) is 24.1 Å². The van der Waals surface area contributed by atoms with Gasteiger partial charge >= 0.3 is 0 Å². The topological polar surface area (TPSA) is 66.4 Å². The van der Waals surface area contributed by atoms with Crippen LogP contribution in [-0.4, -0.2) is 57.4 Å². The molecule has 1 aromatic heterocycles. The van der Waals surface area contributed by atoms with Gasteiger partial charge in [-0.05, 0) is 23.2 Å². The normalized spacial score (nSPS) is 14.8. The summed E-state index contributed by atoms with van der Waals surface area (Å²) in [6.07, 6.45) is 0.0383. The van der Waals surface area contributed by atoms with E-state index in [1.54, 1.807) is 33.4 Å². The minimum absolute atomic E-state index is 0.0383. The minimum Gasteiger partial charge on any atom is -0.339 e. The average Bonchev–Trinajstić information content (AvgIpc) is 3.11. The molecular weight excluding hydrogens is 319 g/mol. The summed E-state index contributed by atoms with van der Waals surface area (Å²) in [7, 11) is 0. The van der Waals surface area contributed by atoms with Crippen LogP contribution in [0.2, 0.25) is 0 Å². The van der Waals surface area contributed by atoms with Gasteiger partial charge in [0.2, 0.25) is 5.91 Å². The Bertz CT molecular complexity index is 699. The van der Waals surface area contributed by atoms with E-state index in [9.17, 15) is 14.0 Å². The molecule has 23 heavy (non-hydrogen) atoms. The lowest BCUT2D eigenvalue weighted by Gasteiger charge is -2.34. The second-order valence-corrected chi connectivity index (χ2v) is 5.84. The summed E-state index contributed by atoms with van der Waals surface area (Å²) in [5.74, 6) is -0.664. The van der Waals surface area contributed by atoms with E-state index in [1.807, 2.05) is 0 Å². The van der Waals surface area contributed by atoms with E-state index in [1.165, 1.54) is 6.07 Å². The first-order valence-electron chi connectivity index (χ1n) is 7.22. The van der Waals surface area contributed by atoms with Crippen LogP contribution >= 0.6 is 11.5 Å². The number of nitrogens with zero attached hydrogens (tertiary/aromatic N) is 4. The van der Waals surface area contributed by atoms with Gasteiger partial charge in [-0.2, -0.15) is 0 Å². The monoisotopic (exact) mass is 334 g/mol. The number of hydrogen-bond donors (Lipinski definition) is 0. The molecule has 2 aromatic rings. The van der Waals surface area contributed by atoms with Crippen molar-refractivity contribution in [3.63, 3.8) is 0 Å². The van der Waals surface area contributed by atoms with Crippen LogP contribution in [0.25, 0.3) is 0 Å². The molecule has 0 aliphatic carbocycles. The van der Waals surface area contributed by atoms with E-state index in [2.05, 4.69) is 9.59 Å². The molecule has 0 unspecified atom stereocenters. The summed E-state index contributed by atoms with van der Waals surface area (Å²) >= 11 is 1.13. The number of carbonyl (C=O) groups is 2. The highest BCUT2D eigenvalue weighted by Crippen LogP contribution is 2.12. The highest BCUT2D eigenvalue weighted by molar-refractivity contribution is 7.03. The van der Waals surface area contributed by atoms with Crippen LogP contribution in [0, 0.1) is 5.82 Å². The number of aromatic nitrogens is 2. The molecule has 1 fully saturated rings. The molecule has 3 rings (SSSR count). The molecular formula is C15H15FN4O2S.